The number of para-hydroxylation sites is 2. The van der Waals surface area contributed by atoms with Gasteiger partial charge in [-0.15, -0.1) is 11.3 Å². The second-order valence-electron chi connectivity index (χ2n) is 10.6. The minimum Gasteiger partial charge on any atom is -0.378 e. The van der Waals surface area contributed by atoms with Gasteiger partial charge < -0.3 is 14.5 Å². The van der Waals surface area contributed by atoms with Gasteiger partial charge in [0.1, 0.15) is 5.82 Å². The van der Waals surface area contributed by atoms with Gasteiger partial charge in [0.15, 0.2) is 5.82 Å². The van der Waals surface area contributed by atoms with E-state index in [9.17, 15) is 4.79 Å². The van der Waals surface area contributed by atoms with E-state index in [-0.39, 0.29) is 5.91 Å². The number of aromatic nitrogens is 4. The molecule has 3 aromatic heterocycles. The predicted octanol–water partition coefficient (Wildman–Crippen LogP) is 3.48. The highest BCUT2D eigenvalue weighted by Crippen LogP contribution is 2.35. The van der Waals surface area contributed by atoms with Crippen molar-refractivity contribution in [3.8, 4) is 5.95 Å². The topological polar surface area (TPSA) is 79.6 Å². The van der Waals surface area contributed by atoms with Crippen LogP contribution >= 0.6 is 11.3 Å². The van der Waals surface area contributed by atoms with E-state index in [0.29, 0.717) is 32.3 Å². The number of hydrogen-bond donors (Lipinski definition) is 0. The molecule has 0 spiro atoms. The van der Waals surface area contributed by atoms with Gasteiger partial charge >= 0.3 is 0 Å². The third kappa shape index (κ3) is 4.54. The average molecular weight is 532 g/mol. The number of benzene rings is 1. The van der Waals surface area contributed by atoms with Gasteiger partial charge in [0.05, 0.1) is 47.6 Å². The minimum absolute atomic E-state index is 0.229. The number of fused-ring (bicyclic) bond motifs is 2. The van der Waals surface area contributed by atoms with Gasteiger partial charge in [-0.25, -0.2) is 9.97 Å². The second-order valence-corrected chi connectivity index (χ2v) is 11.7. The van der Waals surface area contributed by atoms with Gasteiger partial charge in [-0.05, 0) is 37.0 Å². The number of carbonyl (C=O) groups is 1. The number of piperazine rings is 1. The summed E-state index contributed by atoms with van der Waals surface area (Å²) >= 11 is 1.71. The van der Waals surface area contributed by atoms with Crippen LogP contribution in [0.1, 0.15) is 30.5 Å². The lowest BCUT2D eigenvalue weighted by atomic mass is 10.2. The van der Waals surface area contributed by atoms with Gasteiger partial charge in [0, 0.05) is 44.0 Å². The molecule has 0 bridgehead atoms. The van der Waals surface area contributed by atoms with E-state index in [4.69, 9.17) is 19.7 Å². The number of morpholine rings is 1. The maximum atomic E-state index is 13.0. The SMILES string of the molecule is CCc1nc2ccccc2n1-c1nc(N2CCOCC2)c2sc(CN3CCN(CC4CC4)CC3=O)cc2n1. The van der Waals surface area contributed by atoms with Crippen molar-refractivity contribution in [3.63, 3.8) is 0 Å². The Morgan fingerprint density at radius 3 is 2.66 bits per heavy atom. The Hall–Kier alpha value is -3.08. The highest BCUT2D eigenvalue weighted by molar-refractivity contribution is 7.19. The number of carbonyl (C=O) groups excluding carboxylic acids is 1. The molecule has 38 heavy (non-hydrogen) atoms. The number of amides is 1. The lowest BCUT2D eigenvalue weighted by Gasteiger charge is -2.34. The van der Waals surface area contributed by atoms with E-state index in [1.807, 2.05) is 23.1 Å². The first-order valence-corrected chi connectivity index (χ1v) is 14.6. The maximum absolute atomic E-state index is 13.0. The molecular formula is C28H33N7O2S. The molecule has 0 N–H and O–H groups in total. The summed E-state index contributed by atoms with van der Waals surface area (Å²) in [6.07, 6.45) is 3.42. The molecule has 2 aliphatic heterocycles. The van der Waals surface area contributed by atoms with Crippen molar-refractivity contribution in [2.24, 2.45) is 5.92 Å². The molecule has 4 aromatic rings. The van der Waals surface area contributed by atoms with Crippen LogP contribution in [-0.2, 0) is 22.5 Å². The molecule has 5 heterocycles. The summed E-state index contributed by atoms with van der Waals surface area (Å²) in [5.74, 6) is 3.59. The maximum Gasteiger partial charge on any atom is 0.238 e. The van der Waals surface area contributed by atoms with Crippen molar-refractivity contribution in [1.29, 1.82) is 0 Å². The molecule has 0 radical (unpaired) electrons. The lowest BCUT2D eigenvalue weighted by molar-refractivity contribution is -0.136. The van der Waals surface area contributed by atoms with Crippen LogP contribution in [0, 0.1) is 5.92 Å². The summed E-state index contributed by atoms with van der Waals surface area (Å²) in [6, 6.07) is 10.3. The zero-order valence-corrected chi connectivity index (χ0v) is 22.6. The number of hydrogen-bond acceptors (Lipinski definition) is 8. The number of rotatable bonds is 7. The van der Waals surface area contributed by atoms with E-state index in [1.165, 1.54) is 12.8 Å². The second kappa shape index (κ2) is 9.91. The molecule has 7 rings (SSSR count). The highest BCUT2D eigenvalue weighted by Gasteiger charge is 2.30. The van der Waals surface area contributed by atoms with Crippen LogP contribution in [0.25, 0.3) is 27.2 Å². The summed E-state index contributed by atoms with van der Waals surface area (Å²) in [4.78, 5) is 35.8. The zero-order valence-electron chi connectivity index (χ0n) is 21.8. The van der Waals surface area contributed by atoms with Crippen molar-refractivity contribution in [3.05, 3.63) is 41.0 Å². The fourth-order valence-electron chi connectivity index (χ4n) is 5.59. The largest absolute Gasteiger partial charge is 0.378 e. The molecule has 1 aromatic carbocycles. The van der Waals surface area contributed by atoms with E-state index in [0.717, 1.165) is 82.8 Å². The number of ether oxygens (including phenoxy) is 1. The number of aryl methyl sites for hydroxylation is 1. The third-order valence-corrected chi connectivity index (χ3v) is 8.91. The van der Waals surface area contributed by atoms with E-state index in [1.54, 1.807) is 11.3 Å². The molecule has 1 amide bonds. The smallest absolute Gasteiger partial charge is 0.238 e. The molecule has 0 atom stereocenters. The van der Waals surface area contributed by atoms with E-state index >= 15 is 0 Å². The highest BCUT2D eigenvalue weighted by atomic mass is 32.1. The van der Waals surface area contributed by atoms with Crippen LogP contribution in [0.4, 0.5) is 5.82 Å². The van der Waals surface area contributed by atoms with Gasteiger partial charge in [-0.3, -0.25) is 14.3 Å². The summed E-state index contributed by atoms with van der Waals surface area (Å²) in [7, 11) is 0. The van der Waals surface area contributed by atoms with E-state index in [2.05, 4.69) is 33.4 Å². The zero-order chi connectivity index (χ0) is 25.6. The van der Waals surface area contributed by atoms with Crippen molar-refractivity contribution in [1.82, 2.24) is 29.3 Å². The normalized spacial score (nSPS) is 19.2. The van der Waals surface area contributed by atoms with Crippen LogP contribution in [0.5, 0.6) is 0 Å². The quantitative estimate of drug-likeness (QED) is 0.361. The third-order valence-electron chi connectivity index (χ3n) is 7.81. The Bertz CT molecular complexity index is 1490. The van der Waals surface area contributed by atoms with Crippen molar-refractivity contribution < 1.29 is 9.53 Å². The van der Waals surface area contributed by atoms with Gasteiger partial charge in [0.25, 0.3) is 0 Å². The standard InChI is InChI=1S/C28H33N7O2S/c1-2-24-29-21-5-3-4-6-23(21)35(24)28-30-22-15-20(38-26(22)27(31-28)33-11-13-37-14-12-33)17-34-10-9-32(18-25(34)36)16-19-7-8-19/h3-6,15,19H,2,7-14,16-18H2,1H3. The van der Waals surface area contributed by atoms with Crippen LogP contribution in [0.3, 0.4) is 0 Å². The molecule has 0 unspecified atom stereocenters. The fraction of sp³-hybridized carbons (Fsp3) is 0.500. The molecule has 198 valence electrons. The Morgan fingerprint density at radius 2 is 1.87 bits per heavy atom. The average Bonchev–Trinajstić information content (AvgIpc) is 3.53. The minimum atomic E-state index is 0.229. The first-order valence-electron chi connectivity index (χ1n) is 13.8. The van der Waals surface area contributed by atoms with Crippen LogP contribution in [0.15, 0.2) is 30.3 Å². The van der Waals surface area contributed by atoms with Crippen LogP contribution in [-0.4, -0.2) is 87.7 Å². The summed E-state index contributed by atoms with van der Waals surface area (Å²) in [6.45, 7) is 9.07. The Kier molecular flexibility index (Phi) is 6.25. The number of thiophene rings is 1. The number of imidazole rings is 1. The monoisotopic (exact) mass is 531 g/mol. The first kappa shape index (κ1) is 24.0. The number of nitrogens with zero attached hydrogens (tertiary/aromatic N) is 7. The number of anilines is 1. The summed E-state index contributed by atoms with van der Waals surface area (Å²) < 4.78 is 8.81. The Labute approximate surface area is 226 Å². The molecule has 10 heteroatoms. The van der Waals surface area contributed by atoms with Gasteiger partial charge in [0.2, 0.25) is 11.9 Å². The molecule has 2 saturated heterocycles. The van der Waals surface area contributed by atoms with Crippen molar-refractivity contribution in [2.75, 3.05) is 57.4 Å². The summed E-state index contributed by atoms with van der Waals surface area (Å²) in [5.41, 5.74) is 2.89. The van der Waals surface area contributed by atoms with Crippen molar-refractivity contribution in [2.45, 2.75) is 32.7 Å². The predicted molar refractivity (Wildman–Crippen MR) is 149 cm³/mol. The van der Waals surface area contributed by atoms with Crippen molar-refractivity contribution >= 4 is 44.3 Å². The molecule has 9 nitrogen and oxygen atoms in total. The van der Waals surface area contributed by atoms with Gasteiger partial charge in [-0.1, -0.05) is 19.1 Å². The Balaban J connectivity index is 1.25. The molecule has 3 fully saturated rings. The molecule has 1 aliphatic carbocycles. The lowest BCUT2D eigenvalue weighted by Crippen LogP contribution is -2.50. The molecule has 3 aliphatic rings. The van der Waals surface area contributed by atoms with Gasteiger partial charge in [-0.2, -0.15) is 4.98 Å². The summed E-state index contributed by atoms with van der Waals surface area (Å²) in [5, 5.41) is 0. The molecular weight excluding hydrogens is 498 g/mol. The van der Waals surface area contributed by atoms with Crippen LogP contribution < -0.4 is 4.90 Å². The van der Waals surface area contributed by atoms with Crippen LogP contribution in [0.2, 0.25) is 0 Å². The first-order chi connectivity index (χ1) is 18.7. The fourth-order valence-corrected chi connectivity index (χ4v) is 6.72. The molecule has 1 saturated carbocycles. The Morgan fingerprint density at radius 1 is 1.03 bits per heavy atom. The van der Waals surface area contributed by atoms with E-state index < -0.39 is 0 Å².